The van der Waals surface area contributed by atoms with E-state index >= 15 is 0 Å². The van der Waals surface area contributed by atoms with Gasteiger partial charge in [-0.05, 0) is 47.2 Å². The summed E-state index contributed by atoms with van der Waals surface area (Å²) in [5, 5.41) is 18.5. The van der Waals surface area contributed by atoms with E-state index in [1.54, 1.807) is 24.3 Å². The summed E-state index contributed by atoms with van der Waals surface area (Å²) in [7, 11) is 0. The first-order valence-electron chi connectivity index (χ1n) is 9.82. The lowest BCUT2D eigenvalue weighted by atomic mass is 9.85. The van der Waals surface area contributed by atoms with E-state index in [4.69, 9.17) is 9.47 Å². The second-order valence-electron chi connectivity index (χ2n) is 9.23. The second-order valence-corrected chi connectivity index (χ2v) is 9.23. The smallest absolute Gasteiger partial charge is 0.335 e. The fourth-order valence-corrected chi connectivity index (χ4v) is 3.05. The van der Waals surface area contributed by atoms with Gasteiger partial charge in [-0.25, -0.2) is 9.59 Å². The SMILES string of the molecule is CC(C)(C)c1cc(C(=O)O)ccc1OCCOc1ccc(C(=O)O)cc1C(C)(C)C. The summed E-state index contributed by atoms with van der Waals surface area (Å²) in [5.74, 6) is -0.716. The minimum atomic E-state index is -0.977. The zero-order valence-corrected chi connectivity index (χ0v) is 18.4. The summed E-state index contributed by atoms with van der Waals surface area (Å²) in [6.07, 6.45) is 0. The molecule has 2 aromatic rings. The standard InChI is InChI=1S/C24H30O6/c1-23(2,3)17-13-15(21(25)26)7-9-19(17)29-11-12-30-20-10-8-16(22(27)28)14-18(20)24(4,5)6/h7-10,13-14H,11-12H2,1-6H3,(H,25,26)(H,27,28). The molecule has 162 valence electrons. The van der Waals surface area contributed by atoms with Crippen LogP contribution in [0.5, 0.6) is 11.5 Å². The maximum atomic E-state index is 11.3. The summed E-state index contributed by atoms with van der Waals surface area (Å²) in [6, 6.07) is 9.67. The molecule has 0 aliphatic carbocycles. The van der Waals surface area contributed by atoms with Gasteiger partial charge < -0.3 is 19.7 Å². The van der Waals surface area contributed by atoms with Crippen molar-refractivity contribution in [2.75, 3.05) is 13.2 Å². The van der Waals surface area contributed by atoms with E-state index in [0.29, 0.717) is 11.5 Å². The van der Waals surface area contributed by atoms with Crippen molar-refractivity contribution in [3.63, 3.8) is 0 Å². The zero-order valence-electron chi connectivity index (χ0n) is 18.4. The van der Waals surface area contributed by atoms with E-state index in [1.165, 1.54) is 12.1 Å². The molecule has 0 saturated carbocycles. The van der Waals surface area contributed by atoms with Crippen molar-refractivity contribution < 1.29 is 29.3 Å². The lowest BCUT2D eigenvalue weighted by molar-refractivity contribution is 0.0685. The summed E-state index contributed by atoms with van der Waals surface area (Å²) in [5.41, 5.74) is 1.49. The molecule has 2 aromatic carbocycles. The van der Waals surface area contributed by atoms with Crippen LogP contribution in [0.4, 0.5) is 0 Å². The molecule has 0 heterocycles. The van der Waals surface area contributed by atoms with Crippen LogP contribution in [0.25, 0.3) is 0 Å². The first-order valence-corrected chi connectivity index (χ1v) is 9.82. The van der Waals surface area contributed by atoms with Crippen LogP contribution in [0.3, 0.4) is 0 Å². The summed E-state index contributed by atoms with van der Waals surface area (Å²) in [6.45, 7) is 12.5. The van der Waals surface area contributed by atoms with Gasteiger partial charge in [0.25, 0.3) is 0 Å². The van der Waals surface area contributed by atoms with Gasteiger partial charge in [0.1, 0.15) is 24.7 Å². The molecular weight excluding hydrogens is 384 g/mol. The van der Waals surface area contributed by atoms with Crippen LogP contribution in [-0.4, -0.2) is 35.4 Å². The molecule has 0 spiro atoms. The molecule has 0 aliphatic rings. The first kappa shape index (κ1) is 23.3. The van der Waals surface area contributed by atoms with Crippen molar-refractivity contribution in [3.05, 3.63) is 58.7 Å². The van der Waals surface area contributed by atoms with Crippen LogP contribution < -0.4 is 9.47 Å². The topological polar surface area (TPSA) is 93.1 Å². The molecule has 30 heavy (non-hydrogen) atoms. The Balaban J connectivity index is 2.14. The largest absolute Gasteiger partial charge is 0.490 e. The molecule has 0 bridgehead atoms. The Labute approximate surface area is 177 Å². The number of aromatic carboxylic acids is 2. The second kappa shape index (κ2) is 8.78. The molecule has 0 fully saturated rings. The van der Waals surface area contributed by atoms with Crippen molar-refractivity contribution in [1.29, 1.82) is 0 Å². The number of ether oxygens (including phenoxy) is 2. The average Bonchev–Trinajstić information content (AvgIpc) is 2.63. The number of hydrogen-bond donors (Lipinski definition) is 2. The Morgan fingerprint density at radius 1 is 0.700 bits per heavy atom. The maximum absolute atomic E-state index is 11.3. The third-order valence-corrected chi connectivity index (χ3v) is 4.67. The summed E-state index contributed by atoms with van der Waals surface area (Å²) in [4.78, 5) is 22.6. The average molecular weight is 414 g/mol. The predicted molar refractivity (Wildman–Crippen MR) is 115 cm³/mol. The van der Waals surface area contributed by atoms with E-state index in [0.717, 1.165) is 11.1 Å². The van der Waals surface area contributed by atoms with Gasteiger partial charge in [0, 0.05) is 11.1 Å². The Bertz CT molecular complexity index is 854. The minimum absolute atomic E-state index is 0.219. The maximum Gasteiger partial charge on any atom is 0.335 e. The van der Waals surface area contributed by atoms with E-state index in [2.05, 4.69) is 0 Å². The predicted octanol–water partition coefficient (Wildman–Crippen LogP) is 5.14. The Kier molecular flexibility index (Phi) is 6.80. The summed E-state index contributed by atoms with van der Waals surface area (Å²) < 4.78 is 11.8. The molecule has 0 amide bonds. The van der Waals surface area contributed by atoms with Crippen LogP contribution in [0.2, 0.25) is 0 Å². The Morgan fingerprint density at radius 3 is 1.30 bits per heavy atom. The van der Waals surface area contributed by atoms with E-state index in [9.17, 15) is 19.8 Å². The van der Waals surface area contributed by atoms with Crippen LogP contribution in [0.1, 0.15) is 73.4 Å². The molecule has 6 nitrogen and oxygen atoms in total. The number of hydrogen-bond acceptors (Lipinski definition) is 4. The fraction of sp³-hybridized carbons (Fsp3) is 0.417. The molecule has 2 N–H and O–H groups in total. The van der Waals surface area contributed by atoms with Crippen molar-refractivity contribution in [1.82, 2.24) is 0 Å². The molecule has 0 atom stereocenters. The van der Waals surface area contributed by atoms with Crippen molar-refractivity contribution in [3.8, 4) is 11.5 Å². The van der Waals surface area contributed by atoms with Crippen LogP contribution in [0, 0.1) is 0 Å². The van der Waals surface area contributed by atoms with E-state index in [1.807, 2.05) is 41.5 Å². The first-order chi connectivity index (χ1) is 13.8. The normalized spacial score (nSPS) is 11.8. The highest BCUT2D eigenvalue weighted by molar-refractivity contribution is 5.88. The lowest BCUT2D eigenvalue weighted by Crippen LogP contribution is -2.18. The molecule has 2 rings (SSSR count). The van der Waals surface area contributed by atoms with Gasteiger partial charge in [-0.1, -0.05) is 41.5 Å². The molecule has 0 aromatic heterocycles. The number of rotatable bonds is 7. The minimum Gasteiger partial charge on any atom is -0.490 e. The van der Waals surface area contributed by atoms with Gasteiger partial charge in [0.2, 0.25) is 0 Å². The molecule has 6 heteroatoms. The number of carboxylic acid groups (broad SMARTS) is 2. The number of carboxylic acids is 2. The Hall–Kier alpha value is -3.02. The van der Waals surface area contributed by atoms with Gasteiger partial charge >= 0.3 is 11.9 Å². The highest BCUT2D eigenvalue weighted by Crippen LogP contribution is 2.34. The number of carbonyl (C=O) groups is 2. The van der Waals surface area contributed by atoms with Gasteiger partial charge in [0.05, 0.1) is 11.1 Å². The quantitative estimate of drug-likeness (QED) is 0.610. The van der Waals surface area contributed by atoms with Gasteiger partial charge in [-0.15, -0.1) is 0 Å². The van der Waals surface area contributed by atoms with Crippen molar-refractivity contribution in [2.45, 2.75) is 52.4 Å². The lowest BCUT2D eigenvalue weighted by Gasteiger charge is -2.24. The van der Waals surface area contributed by atoms with Crippen LogP contribution >= 0.6 is 0 Å². The highest BCUT2D eigenvalue weighted by Gasteiger charge is 2.22. The highest BCUT2D eigenvalue weighted by atomic mass is 16.5. The van der Waals surface area contributed by atoms with Gasteiger partial charge in [-0.2, -0.15) is 0 Å². The molecule has 0 unspecified atom stereocenters. The third-order valence-electron chi connectivity index (χ3n) is 4.67. The zero-order chi connectivity index (χ0) is 22.7. The number of benzene rings is 2. The monoisotopic (exact) mass is 414 g/mol. The molecule has 0 aliphatic heterocycles. The van der Waals surface area contributed by atoms with Gasteiger partial charge in [0.15, 0.2) is 0 Å². The Morgan fingerprint density at radius 2 is 1.03 bits per heavy atom. The molecular formula is C24H30O6. The van der Waals surface area contributed by atoms with Crippen LogP contribution in [-0.2, 0) is 10.8 Å². The van der Waals surface area contributed by atoms with Gasteiger partial charge in [-0.3, -0.25) is 0 Å². The van der Waals surface area contributed by atoms with Crippen LogP contribution in [0.15, 0.2) is 36.4 Å². The molecule has 0 radical (unpaired) electrons. The third kappa shape index (κ3) is 5.75. The molecule has 0 saturated heterocycles. The van der Waals surface area contributed by atoms with Crippen molar-refractivity contribution in [2.24, 2.45) is 0 Å². The van der Waals surface area contributed by atoms with E-state index < -0.39 is 11.9 Å². The van der Waals surface area contributed by atoms with E-state index in [-0.39, 0.29) is 35.2 Å². The fourth-order valence-electron chi connectivity index (χ4n) is 3.05. The van der Waals surface area contributed by atoms with Crippen molar-refractivity contribution >= 4 is 11.9 Å². The summed E-state index contributed by atoms with van der Waals surface area (Å²) >= 11 is 0.